The molecule has 4 N–H and O–H groups in total. The molecule has 0 unspecified atom stereocenters. The van der Waals surface area contributed by atoms with Crippen LogP contribution >= 0.6 is 0 Å². The average Bonchev–Trinajstić information content (AvgIpc) is 3.12. The van der Waals surface area contributed by atoms with Crippen LogP contribution in [0.5, 0.6) is 0 Å². The van der Waals surface area contributed by atoms with Crippen molar-refractivity contribution in [2.75, 3.05) is 0 Å². The van der Waals surface area contributed by atoms with Gasteiger partial charge in [0.2, 0.25) is 0 Å². The van der Waals surface area contributed by atoms with Gasteiger partial charge in [-0.2, -0.15) is 10.2 Å². The average molecular weight is 418 g/mol. The summed E-state index contributed by atoms with van der Waals surface area (Å²) in [6.07, 6.45) is 7.46. The lowest BCUT2D eigenvalue weighted by Gasteiger charge is -2.08. The van der Waals surface area contributed by atoms with Crippen LogP contribution in [0.3, 0.4) is 0 Å². The Kier molecular flexibility index (Phi) is 7.22. The van der Waals surface area contributed by atoms with Gasteiger partial charge in [-0.1, -0.05) is 42.5 Å². The fourth-order valence-electron chi connectivity index (χ4n) is 3.35. The zero-order valence-electron chi connectivity index (χ0n) is 17.7. The first-order chi connectivity index (χ1) is 15.0. The molecule has 160 valence electrons. The molecule has 2 aromatic carbocycles. The molecule has 0 bridgehead atoms. The number of hydrogen-bond donors (Lipinski definition) is 2. The molecule has 3 rings (SSSR count). The molecule has 31 heavy (non-hydrogen) atoms. The summed E-state index contributed by atoms with van der Waals surface area (Å²) < 4.78 is 7.47. The Morgan fingerprint density at radius 2 is 1.71 bits per heavy atom. The van der Waals surface area contributed by atoms with E-state index in [4.69, 9.17) is 16.4 Å². The molecule has 0 atom stereocenters. The van der Waals surface area contributed by atoms with Crippen molar-refractivity contribution in [3.05, 3.63) is 94.3 Å². The molecule has 0 aliphatic carbocycles. The van der Waals surface area contributed by atoms with Gasteiger partial charge in [0, 0.05) is 18.9 Å². The zero-order chi connectivity index (χ0) is 22.2. The van der Waals surface area contributed by atoms with Crippen molar-refractivity contribution in [3.63, 3.8) is 0 Å². The molecule has 7 heteroatoms. The Hall–Kier alpha value is -3.87. The van der Waals surface area contributed by atoms with E-state index in [-0.39, 0.29) is 12.1 Å². The summed E-state index contributed by atoms with van der Waals surface area (Å²) in [6, 6.07) is 15.8. The molecule has 0 spiro atoms. The number of hydrazone groups is 2. The van der Waals surface area contributed by atoms with E-state index in [0.29, 0.717) is 18.5 Å². The lowest BCUT2D eigenvalue weighted by atomic mass is 10.0. The van der Waals surface area contributed by atoms with E-state index in [1.54, 1.807) is 12.4 Å². The van der Waals surface area contributed by atoms with E-state index in [9.17, 15) is 4.79 Å². The first-order valence-electron chi connectivity index (χ1n) is 10.0. The lowest BCUT2D eigenvalue weighted by Crippen LogP contribution is -2.12. The molecule has 0 amide bonds. The topological polar surface area (TPSA) is 108 Å². The standard InChI is InChI=1S/C24H27N5O2/c1-17(2)31-24(30)23-16-29(14-21-5-3-4-20(10-21)13-28-26)15-22(23)11-18-6-8-19(9-7-18)12-27-25/h3-10,12-13,15-17H,11,14,25-26H2,1-2H3/b27-12-,28-13-. The van der Waals surface area contributed by atoms with E-state index >= 15 is 0 Å². The molecule has 1 heterocycles. The van der Waals surface area contributed by atoms with Crippen LogP contribution in [0.1, 0.15) is 52.0 Å². The summed E-state index contributed by atoms with van der Waals surface area (Å²) in [6.45, 7) is 4.30. The normalized spacial score (nSPS) is 11.6. The molecule has 0 fully saturated rings. The summed E-state index contributed by atoms with van der Waals surface area (Å²) in [7, 11) is 0. The number of hydrogen-bond acceptors (Lipinski definition) is 6. The Balaban J connectivity index is 1.88. The minimum atomic E-state index is -0.320. The number of rotatable bonds is 8. The number of aromatic nitrogens is 1. The number of carbonyl (C=O) groups excluding carboxylic acids is 1. The van der Waals surface area contributed by atoms with Crippen molar-refractivity contribution in [1.82, 2.24) is 4.57 Å². The second-order valence-corrected chi connectivity index (χ2v) is 7.54. The number of benzene rings is 2. The first-order valence-corrected chi connectivity index (χ1v) is 10.0. The van der Waals surface area contributed by atoms with Crippen molar-refractivity contribution in [1.29, 1.82) is 0 Å². The summed E-state index contributed by atoms with van der Waals surface area (Å²) in [5, 5.41) is 7.12. The maximum Gasteiger partial charge on any atom is 0.340 e. The maximum atomic E-state index is 12.7. The van der Waals surface area contributed by atoms with Crippen molar-refractivity contribution in [2.24, 2.45) is 21.9 Å². The van der Waals surface area contributed by atoms with Gasteiger partial charge in [0.15, 0.2) is 0 Å². The van der Waals surface area contributed by atoms with Gasteiger partial charge in [-0.3, -0.25) is 0 Å². The SMILES string of the molecule is CC(C)OC(=O)c1cn(Cc2cccc(/C=N\N)c2)cc1Cc1ccc(/C=N\N)cc1. The van der Waals surface area contributed by atoms with E-state index in [0.717, 1.165) is 27.8 Å². The molecule has 3 aromatic rings. The first kappa shape index (κ1) is 21.8. The number of ether oxygens (including phenoxy) is 1. The molecular formula is C24H27N5O2. The Morgan fingerprint density at radius 1 is 1.00 bits per heavy atom. The van der Waals surface area contributed by atoms with Crippen molar-refractivity contribution in [3.8, 4) is 0 Å². The molecule has 0 saturated carbocycles. The van der Waals surface area contributed by atoms with Gasteiger partial charge in [-0.15, -0.1) is 0 Å². The third-order valence-corrected chi connectivity index (χ3v) is 4.66. The maximum absolute atomic E-state index is 12.7. The summed E-state index contributed by atoms with van der Waals surface area (Å²) in [4.78, 5) is 12.7. The van der Waals surface area contributed by atoms with Gasteiger partial charge in [0.25, 0.3) is 0 Å². The number of nitrogens with zero attached hydrogens (tertiary/aromatic N) is 3. The van der Waals surface area contributed by atoms with Gasteiger partial charge >= 0.3 is 5.97 Å². The van der Waals surface area contributed by atoms with Crippen molar-refractivity contribution < 1.29 is 9.53 Å². The van der Waals surface area contributed by atoms with Crippen LogP contribution in [0, 0.1) is 0 Å². The van der Waals surface area contributed by atoms with E-state index in [2.05, 4.69) is 10.2 Å². The summed E-state index contributed by atoms with van der Waals surface area (Å²) in [5.41, 5.74) is 5.48. The third kappa shape index (κ3) is 6.05. The largest absolute Gasteiger partial charge is 0.459 e. The molecule has 0 aliphatic heterocycles. The minimum absolute atomic E-state index is 0.189. The van der Waals surface area contributed by atoms with Crippen LogP contribution in [0.15, 0.2) is 71.1 Å². The van der Waals surface area contributed by atoms with E-state index in [1.165, 1.54) is 0 Å². The molecule has 0 radical (unpaired) electrons. The second-order valence-electron chi connectivity index (χ2n) is 7.54. The minimum Gasteiger partial charge on any atom is -0.459 e. The van der Waals surface area contributed by atoms with Crippen LogP contribution in [-0.2, 0) is 17.7 Å². The van der Waals surface area contributed by atoms with Crippen LogP contribution < -0.4 is 11.7 Å². The zero-order valence-corrected chi connectivity index (χ0v) is 17.7. The van der Waals surface area contributed by atoms with Gasteiger partial charge < -0.3 is 21.0 Å². The number of nitrogens with two attached hydrogens (primary N) is 2. The molecule has 0 aliphatic rings. The second kappa shape index (κ2) is 10.2. The van der Waals surface area contributed by atoms with Crippen LogP contribution in [0.2, 0.25) is 0 Å². The van der Waals surface area contributed by atoms with E-state index < -0.39 is 0 Å². The number of carbonyl (C=O) groups is 1. The Labute approximate surface area is 182 Å². The molecule has 7 nitrogen and oxygen atoms in total. The van der Waals surface area contributed by atoms with Crippen LogP contribution in [-0.4, -0.2) is 29.1 Å². The highest BCUT2D eigenvalue weighted by atomic mass is 16.5. The fourth-order valence-corrected chi connectivity index (χ4v) is 3.35. The van der Waals surface area contributed by atoms with Gasteiger partial charge in [-0.25, -0.2) is 4.79 Å². The highest BCUT2D eigenvalue weighted by Crippen LogP contribution is 2.19. The Bertz CT molecular complexity index is 1080. The Morgan fingerprint density at radius 3 is 2.39 bits per heavy atom. The summed E-state index contributed by atoms with van der Waals surface area (Å²) >= 11 is 0. The summed E-state index contributed by atoms with van der Waals surface area (Å²) in [5.74, 6) is 10.1. The highest BCUT2D eigenvalue weighted by Gasteiger charge is 2.18. The van der Waals surface area contributed by atoms with Crippen LogP contribution in [0.25, 0.3) is 0 Å². The molecule has 0 saturated heterocycles. The lowest BCUT2D eigenvalue weighted by molar-refractivity contribution is 0.0377. The van der Waals surface area contributed by atoms with E-state index in [1.807, 2.05) is 79.3 Å². The fraction of sp³-hybridized carbons (Fsp3) is 0.208. The van der Waals surface area contributed by atoms with Crippen molar-refractivity contribution in [2.45, 2.75) is 32.9 Å². The predicted octanol–water partition coefficient (Wildman–Crippen LogP) is 3.28. The van der Waals surface area contributed by atoms with Gasteiger partial charge in [0.1, 0.15) is 0 Å². The quantitative estimate of drug-likeness (QED) is 0.254. The predicted molar refractivity (Wildman–Crippen MR) is 123 cm³/mol. The third-order valence-electron chi connectivity index (χ3n) is 4.66. The van der Waals surface area contributed by atoms with Crippen LogP contribution in [0.4, 0.5) is 0 Å². The highest BCUT2D eigenvalue weighted by molar-refractivity contribution is 5.91. The molecular weight excluding hydrogens is 390 g/mol. The molecule has 1 aromatic heterocycles. The smallest absolute Gasteiger partial charge is 0.340 e. The number of esters is 1. The monoisotopic (exact) mass is 417 g/mol. The van der Waals surface area contributed by atoms with Gasteiger partial charge in [-0.05, 0) is 54.2 Å². The van der Waals surface area contributed by atoms with Crippen molar-refractivity contribution >= 4 is 18.4 Å². The van der Waals surface area contributed by atoms with Gasteiger partial charge in [0.05, 0.1) is 24.1 Å².